The molecule has 3 aromatic rings. The van der Waals surface area contributed by atoms with Gasteiger partial charge in [0.05, 0.1) is 6.07 Å². The first-order valence-electron chi connectivity index (χ1n) is 13.8. The summed E-state index contributed by atoms with van der Waals surface area (Å²) in [5.74, 6) is -1.59. The zero-order valence-electron chi connectivity index (χ0n) is 26.3. The summed E-state index contributed by atoms with van der Waals surface area (Å²) in [6, 6.07) is 19.3. The Morgan fingerprint density at radius 3 is 1.84 bits per heavy atom. The number of amides is 1. The molecule has 232 valence electrons. The van der Waals surface area contributed by atoms with Crippen molar-refractivity contribution >= 4 is 35.4 Å². The van der Waals surface area contributed by atoms with Crippen molar-refractivity contribution < 1.29 is 33.4 Å². The van der Waals surface area contributed by atoms with Crippen molar-refractivity contribution in [3.63, 3.8) is 0 Å². The lowest BCUT2D eigenvalue weighted by molar-refractivity contribution is -0.119. The summed E-state index contributed by atoms with van der Waals surface area (Å²) >= 11 is 0. The molecule has 1 unspecified atom stereocenters. The predicted octanol–water partition coefficient (Wildman–Crippen LogP) is 6.87. The molecule has 1 heterocycles. The third-order valence-electron chi connectivity index (χ3n) is 5.57. The van der Waals surface area contributed by atoms with Gasteiger partial charge in [-0.25, -0.2) is 19.1 Å². The molecule has 0 saturated carbocycles. The molecule has 1 N–H and O–H groups in total. The first-order chi connectivity index (χ1) is 20.4. The Morgan fingerprint density at radius 1 is 0.864 bits per heavy atom. The molecule has 0 aliphatic heterocycles. The Hall–Kier alpha value is -5.11. The van der Waals surface area contributed by atoms with E-state index in [1.807, 2.05) is 18.2 Å². The van der Waals surface area contributed by atoms with E-state index in [4.69, 9.17) is 14.7 Å². The number of ether oxygens (including phenoxy) is 2. The summed E-state index contributed by atoms with van der Waals surface area (Å²) in [5.41, 5.74) is -0.508. The predicted molar refractivity (Wildman–Crippen MR) is 164 cm³/mol. The second-order valence-corrected chi connectivity index (χ2v) is 11.8. The fourth-order valence-corrected chi connectivity index (χ4v) is 3.66. The second-order valence-electron chi connectivity index (χ2n) is 11.8. The van der Waals surface area contributed by atoms with E-state index in [-0.39, 0.29) is 35.3 Å². The van der Waals surface area contributed by atoms with E-state index < -0.39 is 35.1 Å². The molecule has 0 aliphatic carbocycles. The van der Waals surface area contributed by atoms with Crippen LogP contribution in [0.15, 0.2) is 60.7 Å². The number of carbonyl (C=O) groups is 5. The number of hydrogen-bond donors (Lipinski definition) is 1. The molecule has 1 aromatic heterocycles. The van der Waals surface area contributed by atoms with Gasteiger partial charge in [-0.2, -0.15) is 5.26 Å². The highest BCUT2D eigenvalue weighted by atomic mass is 16.6. The lowest BCUT2D eigenvalue weighted by atomic mass is 9.96. The first-order valence-corrected chi connectivity index (χ1v) is 13.8. The van der Waals surface area contributed by atoms with Crippen LogP contribution < -0.4 is 5.32 Å². The van der Waals surface area contributed by atoms with Gasteiger partial charge in [0.25, 0.3) is 0 Å². The number of hydrogen-bond acceptors (Lipinski definition) is 9. The Labute approximate surface area is 257 Å². The minimum absolute atomic E-state index is 0.0319. The van der Waals surface area contributed by atoms with E-state index in [0.29, 0.717) is 11.1 Å². The van der Waals surface area contributed by atoms with Crippen LogP contribution in [0.25, 0.3) is 11.4 Å². The topological polar surface area (TPSA) is 157 Å². The maximum absolute atomic E-state index is 13.0. The van der Waals surface area contributed by atoms with Gasteiger partial charge in [-0.15, -0.1) is 0 Å². The maximum atomic E-state index is 13.0. The molecule has 0 aliphatic rings. The molecular weight excluding hydrogens is 564 g/mol. The largest absolute Gasteiger partial charge is 0.444 e. The highest BCUT2D eigenvalue weighted by molar-refractivity contribution is 6.03. The third kappa shape index (κ3) is 10.6. The van der Waals surface area contributed by atoms with Gasteiger partial charge in [-0.1, -0.05) is 60.7 Å². The number of rotatable bonds is 7. The van der Waals surface area contributed by atoms with Crippen LogP contribution in [-0.4, -0.2) is 50.3 Å². The third-order valence-corrected chi connectivity index (χ3v) is 5.57. The lowest BCUT2D eigenvalue weighted by Gasteiger charge is -2.22. The monoisotopic (exact) mass is 602 g/mol. The van der Waals surface area contributed by atoms with E-state index in [2.05, 4.69) is 10.3 Å². The van der Waals surface area contributed by atoms with Crippen molar-refractivity contribution in [1.29, 1.82) is 5.26 Å². The molecule has 11 nitrogen and oxygen atoms in total. The van der Waals surface area contributed by atoms with Gasteiger partial charge in [0, 0.05) is 24.5 Å². The zero-order valence-corrected chi connectivity index (χ0v) is 26.3. The SMILES string of the molecule is CC(=O)C(C#N)CC(=O)c1ccccc1.CC(=O)c1nc(-c2ccccc2)n(C(=O)OC(C)(C)C)c1NC(=O)OC(C)(C)C. The summed E-state index contributed by atoms with van der Waals surface area (Å²) in [5, 5.41) is 11.2. The fourth-order valence-electron chi connectivity index (χ4n) is 3.66. The van der Waals surface area contributed by atoms with Gasteiger partial charge in [-0.3, -0.25) is 19.7 Å². The molecule has 0 bridgehead atoms. The smallest absolute Gasteiger partial charge is 0.421 e. The highest BCUT2D eigenvalue weighted by Crippen LogP contribution is 2.28. The van der Waals surface area contributed by atoms with Crippen LogP contribution in [0.4, 0.5) is 15.4 Å². The molecule has 0 saturated heterocycles. The van der Waals surface area contributed by atoms with Gasteiger partial charge in [0.2, 0.25) is 0 Å². The maximum Gasteiger partial charge on any atom is 0.421 e. The minimum Gasteiger partial charge on any atom is -0.444 e. The number of ketones is 3. The van der Waals surface area contributed by atoms with Crippen LogP contribution >= 0.6 is 0 Å². The second kappa shape index (κ2) is 14.9. The Kier molecular flexibility index (Phi) is 11.9. The van der Waals surface area contributed by atoms with E-state index in [0.717, 1.165) is 4.57 Å². The molecule has 1 amide bonds. The van der Waals surface area contributed by atoms with E-state index in [9.17, 15) is 24.0 Å². The Bertz CT molecular complexity index is 1540. The summed E-state index contributed by atoms with van der Waals surface area (Å²) in [4.78, 5) is 64.5. The Morgan fingerprint density at radius 2 is 1.39 bits per heavy atom. The van der Waals surface area contributed by atoms with Gasteiger partial charge < -0.3 is 9.47 Å². The van der Waals surface area contributed by atoms with Gasteiger partial charge in [0.15, 0.2) is 23.2 Å². The molecule has 2 aromatic carbocycles. The van der Waals surface area contributed by atoms with Crippen molar-refractivity contribution in [2.45, 2.75) is 73.0 Å². The normalized spacial score (nSPS) is 11.6. The summed E-state index contributed by atoms with van der Waals surface area (Å²) in [6.45, 7) is 12.9. The number of nitrogens with zero attached hydrogens (tertiary/aromatic N) is 3. The van der Waals surface area contributed by atoms with E-state index in [1.54, 1.807) is 90.1 Å². The quantitative estimate of drug-likeness (QED) is 0.285. The van der Waals surface area contributed by atoms with Crippen LogP contribution in [0.3, 0.4) is 0 Å². The van der Waals surface area contributed by atoms with Crippen LogP contribution in [0.5, 0.6) is 0 Å². The van der Waals surface area contributed by atoms with Crippen molar-refractivity contribution in [3.05, 3.63) is 71.9 Å². The molecular formula is C33H38N4O7. The summed E-state index contributed by atoms with van der Waals surface area (Å²) < 4.78 is 11.8. The van der Waals surface area contributed by atoms with Crippen LogP contribution in [0, 0.1) is 17.2 Å². The van der Waals surface area contributed by atoms with Gasteiger partial charge in [0.1, 0.15) is 28.6 Å². The van der Waals surface area contributed by atoms with Crippen LogP contribution in [-0.2, 0) is 14.3 Å². The molecule has 3 rings (SSSR count). The number of imidazole rings is 1. The van der Waals surface area contributed by atoms with Crippen LogP contribution in [0.1, 0.15) is 82.7 Å². The minimum atomic E-state index is -0.822. The number of anilines is 1. The van der Waals surface area contributed by atoms with Gasteiger partial charge >= 0.3 is 12.2 Å². The number of carbonyl (C=O) groups excluding carboxylic acids is 5. The molecule has 0 spiro atoms. The van der Waals surface area contributed by atoms with Gasteiger partial charge in [-0.05, 0) is 48.5 Å². The summed E-state index contributed by atoms with van der Waals surface area (Å²) in [6.07, 6.45) is -1.62. The van der Waals surface area contributed by atoms with Crippen molar-refractivity contribution in [2.24, 2.45) is 5.92 Å². The first kappa shape index (κ1) is 35.1. The molecule has 44 heavy (non-hydrogen) atoms. The van der Waals surface area contributed by atoms with E-state index >= 15 is 0 Å². The molecule has 0 radical (unpaired) electrons. The average Bonchev–Trinajstić information content (AvgIpc) is 3.30. The van der Waals surface area contributed by atoms with Crippen molar-refractivity contribution in [2.75, 3.05) is 5.32 Å². The molecule has 0 fully saturated rings. The van der Waals surface area contributed by atoms with Crippen molar-refractivity contribution in [1.82, 2.24) is 9.55 Å². The fraction of sp³-hybridized carbons (Fsp3) is 0.364. The molecule has 11 heteroatoms. The number of nitriles is 1. The summed E-state index contributed by atoms with van der Waals surface area (Å²) in [7, 11) is 0. The number of nitrogens with one attached hydrogen (secondary N) is 1. The van der Waals surface area contributed by atoms with Crippen molar-refractivity contribution in [3.8, 4) is 17.5 Å². The standard InChI is InChI=1S/C21H27N3O5.C12H11NO2/c1-13(25)15-17(23-18(26)28-20(2,3)4)24(19(27)29-21(5,6)7)16(22-15)14-11-9-8-10-12-14;1-9(14)11(8-13)7-12(15)10-5-3-2-4-6-10/h8-12H,1-7H3,(H,23,26);2-6,11H,7H2,1H3. The highest BCUT2D eigenvalue weighted by Gasteiger charge is 2.30. The number of benzene rings is 2. The molecule has 1 atom stereocenters. The number of aromatic nitrogens is 2. The number of Topliss-reactive ketones (excluding diaryl/α,β-unsaturated/α-hetero) is 3. The van der Waals surface area contributed by atoms with Crippen LogP contribution in [0.2, 0.25) is 0 Å². The zero-order chi connectivity index (χ0) is 33.2. The Balaban J connectivity index is 0.000000378. The average molecular weight is 603 g/mol. The lowest BCUT2D eigenvalue weighted by Crippen LogP contribution is -2.31. The van der Waals surface area contributed by atoms with E-state index in [1.165, 1.54) is 13.8 Å².